The Balaban J connectivity index is 2.51. The van der Waals surface area contributed by atoms with Crippen LogP contribution in [-0.4, -0.2) is 31.3 Å². The lowest BCUT2D eigenvalue weighted by atomic mass is 10.3. The average molecular weight is 314 g/mol. The Hall–Kier alpha value is -2.46. The van der Waals surface area contributed by atoms with E-state index >= 15 is 0 Å². The molecule has 0 spiro atoms. The van der Waals surface area contributed by atoms with E-state index < -0.39 is 21.8 Å². The van der Waals surface area contributed by atoms with Gasteiger partial charge in [-0.2, -0.15) is 5.10 Å². The fourth-order valence-corrected chi connectivity index (χ4v) is 2.14. The van der Waals surface area contributed by atoms with Crippen molar-refractivity contribution in [3.63, 3.8) is 0 Å². The topological polar surface area (TPSA) is 130 Å². The molecule has 1 aromatic heterocycles. The van der Waals surface area contributed by atoms with Gasteiger partial charge in [-0.25, -0.2) is 27.4 Å². The zero-order chi connectivity index (χ0) is 15.8. The summed E-state index contributed by atoms with van der Waals surface area (Å²) in [5, 5.41) is 8.70. The smallest absolute Gasteiger partial charge is 0.360 e. The highest BCUT2D eigenvalue weighted by atomic mass is 32.2. The van der Waals surface area contributed by atoms with Gasteiger partial charge in [0.25, 0.3) is 0 Å². The van der Waals surface area contributed by atoms with Crippen molar-refractivity contribution >= 4 is 21.7 Å². The van der Waals surface area contributed by atoms with Crippen LogP contribution in [0.1, 0.15) is 10.5 Å². The second-order valence-electron chi connectivity index (χ2n) is 4.03. The number of nitrogens with two attached hydrogens (primary N) is 2. The van der Waals surface area contributed by atoms with Gasteiger partial charge in [0.1, 0.15) is 11.5 Å². The van der Waals surface area contributed by atoms with Crippen LogP contribution in [0, 0.1) is 5.82 Å². The number of carbonyl (C=O) groups is 1. The third-order valence-electron chi connectivity index (χ3n) is 2.62. The molecule has 2 aromatic rings. The summed E-state index contributed by atoms with van der Waals surface area (Å²) in [6.07, 6.45) is 1.21. The Labute approximate surface area is 119 Å². The van der Waals surface area contributed by atoms with Gasteiger partial charge in [0, 0.05) is 0 Å². The highest BCUT2D eigenvalue weighted by molar-refractivity contribution is 7.89. The van der Waals surface area contributed by atoms with Crippen molar-refractivity contribution in [2.24, 2.45) is 5.14 Å². The van der Waals surface area contributed by atoms with E-state index in [2.05, 4.69) is 9.84 Å². The Bertz CT molecular complexity index is 816. The second kappa shape index (κ2) is 5.14. The molecule has 8 nitrogen and oxygen atoms in total. The molecule has 0 unspecified atom stereocenters. The van der Waals surface area contributed by atoms with Crippen LogP contribution >= 0.6 is 0 Å². The summed E-state index contributed by atoms with van der Waals surface area (Å²) in [6, 6.07) is 3.02. The normalized spacial score (nSPS) is 11.4. The summed E-state index contributed by atoms with van der Waals surface area (Å²) in [5.41, 5.74) is 5.31. The molecule has 2 rings (SSSR count). The van der Waals surface area contributed by atoms with Crippen molar-refractivity contribution in [3.05, 3.63) is 35.9 Å². The maximum absolute atomic E-state index is 14.0. The Morgan fingerprint density at radius 3 is 2.62 bits per heavy atom. The Morgan fingerprint density at radius 2 is 2.10 bits per heavy atom. The lowest BCUT2D eigenvalue weighted by Crippen LogP contribution is -2.13. The number of rotatable bonds is 3. The van der Waals surface area contributed by atoms with E-state index in [0.29, 0.717) is 0 Å². The van der Waals surface area contributed by atoms with Crippen LogP contribution in [0.5, 0.6) is 0 Å². The fraction of sp³-hybridized carbons (Fsp3) is 0.0909. The van der Waals surface area contributed by atoms with Gasteiger partial charge in [-0.1, -0.05) is 0 Å². The number of nitrogens with zero attached hydrogens (tertiary/aromatic N) is 2. The number of esters is 1. The molecule has 10 heteroatoms. The number of carbonyl (C=O) groups excluding carboxylic acids is 1. The lowest BCUT2D eigenvalue weighted by Gasteiger charge is -2.05. The van der Waals surface area contributed by atoms with Crippen molar-refractivity contribution in [1.82, 2.24) is 9.78 Å². The average Bonchev–Trinajstić information content (AvgIpc) is 2.78. The van der Waals surface area contributed by atoms with E-state index in [0.717, 1.165) is 30.0 Å². The quantitative estimate of drug-likeness (QED) is 0.768. The largest absolute Gasteiger partial charge is 0.464 e. The summed E-state index contributed by atoms with van der Waals surface area (Å²) in [6.45, 7) is 0. The summed E-state index contributed by atoms with van der Waals surface area (Å²) in [5.74, 6) is -1.66. The van der Waals surface area contributed by atoms with Gasteiger partial charge in [-0.3, -0.25) is 0 Å². The molecule has 0 saturated carbocycles. The number of hydrogen-bond acceptors (Lipinski definition) is 6. The third kappa shape index (κ3) is 2.85. The molecule has 112 valence electrons. The predicted octanol–water partition coefficient (Wildman–Crippen LogP) is 0.0276. The molecule has 1 aromatic carbocycles. The van der Waals surface area contributed by atoms with Gasteiger partial charge in [0.15, 0.2) is 5.69 Å². The molecule has 0 aliphatic heterocycles. The van der Waals surface area contributed by atoms with Gasteiger partial charge in [-0.15, -0.1) is 0 Å². The van der Waals surface area contributed by atoms with Gasteiger partial charge in [0.05, 0.1) is 23.9 Å². The maximum atomic E-state index is 14.0. The van der Waals surface area contributed by atoms with Crippen LogP contribution in [0.25, 0.3) is 5.69 Å². The molecule has 0 bridgehead atoms. The number of methoxy groups -OCH3 is 1. The van der Waals surface area contributed by atoms with Crippen LogP contribution in [-0.2, 0) is 14.8 Å². The van der Waals surface area contributed by atoms with Crippen molar-refractivity contribution < 1.29 is 22.3 Å². The van der Waals surface area contributed by atoms with Crippen LogP contribution in [0.15, 0.2) is 29.3 Å². The summed E-state index contributed by atoms with van der Waals surface area (Å²) < 4.78 is 41.7. The number of aromatic nitrogens is 2. The van der Waals surface area contributed by atoms with Crippen molar-refractivity contribution in [2.75, 3.05) is 12.8 Å². The molecular weight excluding hydrogens is 303 g/mol. The standard InChI is InChI=1S/C11H11FN4O4S/c1-20-11(17)10-8(13)5-16(15-10)9-3-2-6(4-7(9)12)21(14,18)19/h2-5H,13H2,1H3,(H2,14,18,19). The highest BCUT2D eigenvalue weighted by Gasteiger charge is 2.18. The predicted molar refractivity (Wildman–Crippen MR) is 70.6 cm³/mol. The van der Waals surface area contributed by atoms with Crippen LogP contribution in [0.3, 0.4) is 0 Å². The van der Waals surface area contributed by atoms with E-state index in [4.69, 9.17) is 10.9 Å². The number of hydrogen-bond donors (Lipinski definition) is 2. The minimum absolute atomic E-state index is 0.00299. The van der Waals surface area contributed by atoms with Gasteiger partial charge in [-0.05, 0) is 18.2 Å². The summed E-state index contributed by atoms with van der Waals surface area (Å²) >= 11 is 0. The summed E-state index contributed by atoms with van der Waals surface area (Å²) in [7, 11) is -2.86. The maximum Gasteiger partial charge on any atom is 0.360 e. The van der Waals surface area contributed by atoms with Crippen molar-refractivity contribution in [2.45, 2.75) is 4.90 Å². The molecule has 0 aliphatic carbocycles. The summed E-state index contributed by atoms with van der Waals surface area (Å²) in [4.78, 5) is 11.0. The van der Waals surface area contributed by atoms with E-state index in [-0.39, 0.29) is 22.0 Å². The zero-order valence-electron chi connectivity index (χ0n) is 10.8. The van der Waals surface area contributed by atoms with E-state index in [9.17, 15) is 17.6 Å². The molecule has 0 amide bonds. The number of ether oxygens (including phenoxy) is 1. The number of nitrogen functional groups attached to an aromatic ring is 1. The van der Waals surface area contributed by atoms with Crippen LogP contribution in [0.2, 0.25) is 0 Å². The van der Waals surface area contributed by atoms with Gasteiger partial charge >= 0.3 is 5.97 Å². The molecule has 0 atom stereocenters. The zero-order valence-corrected chi connectivity index (χ0v) is 11.6. The number of sulfonamides is 1. The third-order valence-corrected chi connectivity index (χ3v) is 3.53. The fourth-order valence-electron chi connectivity index (χ4n) is 1.62. The van der Waals surface area contributed by atoms with Crippen molar-refractivity contribution in [1.29, 1.82) is 0 Å². The van der Waals surface area contributed by atoms with Gasteiger partial charge in [0.2, 0.25) is 10.0 Å². The van der Waals surface area contributed by atoms with Gasteiger partial charge < -0.3 is 10.5 Å². The van der Waals surface area contributed by atoms with E-state index in [1.54, 1.807) is 0 Å². The first-order chi connectivity index (χ1) is 9.74. The number of anilines is 1. The lowest BCUT2D eigenvalue weighted by molar-refractivity contribution is 0.0594. The number of benzene rings is 1. The molecule has 21 heavy (non-hydrogen) atoms. The molecule has 1 heterocycles. The van der Waals surface area contributed by atoms with Crippen molar-refractivity contribution in [3.8, 4) is 5.69 Å². The minimum atomic E-state index is -4.01. The molecular formula is C11H11FN4O4S. The van der Waals surface area contributed by atoms with Crippen LogP contribution < -0.4 is 10.9 Å². The molecule has 0 radical (unpaired) electrons. The Kier molecular flexibility index (Phi) is 3.66. The molecule has 0 fully saturated rings. The Morgan fingerprint density at radius 1 is 1.43 bits per heavy atom. The first-order valence-corrected chi connectivity index (χ1v) is 7.05. The molecule has 4 N–H and O–H groups in total. The molecule has 0 saturated heterocycles. The SMILES string of the molecule is COC(=O)c1nn(-c2ccc(S(N)(=O)=O)cc2F)cc1N. The number of primary sulfonamides is 1. The van der Waals surface area contributed by atoms with Crippen LogP contribution in [0.4, 0.5) is 10.1 Å². The molecule has 0 aliphatic rings. The minimum Gasteiger partial charge on any atom is -0.464 e. The van der Waals surface area contributed by atoms with E-state index in [1.165, 1.54) is 6.20 Å². The van der Waals surface area contributed by atoms with E-state index in [1.807, 2.05) is 0 Å². The first-order valence-electron chi connectivity index (χ1n) is 5.50. The highest BCUT2D eigenvalue weighted by Crippen LogP contribution is 2.20. The second-order valence-corrected chi connectivity index (χ2v) is 5.59. The first kappa shape index (κ1) is 14.9. The monoisotopic (exact) mass is 314 g/mol. The number of halogens is 1.